The van der Waals surface area contributed by atoms with E-state index in [4.69, 9.17) is 31.4 Å². The van der Waals surface area contributed by atoms with Crippen LogP contribution in [0.15, 0.2) is 60.7 Å². The zero-order valence-electron chi connectivity index (χ0n) is 31.7. The molecule has 6 nitrogen and oxygen atoms in total. The quantitative estimate of drug-likeness (QED) is 0.157. The van der Waals surface area contributed by atoms with E-state index < -0.39 is 0 Å². The summed E-state index contributed by atoms with van der Waals surface area (Å²) in [5.41, 5.74) is 27.1. The zero-order chi connectivity index (χ0) is 36.2. The van der Waals surface area contributed by atoms with Gasteiger partial charge in [-0.2, -0.15) is 0 Å². The van der Waals surface area contributed by atoms with Gasteiger partial charge in [-0.1, -0.05) is 18.2 Å². The lowest BCUT2D eigenvalue weighted by atomic mass is 9.46. The van der Waals surface area contributed by atoms with E-state index in [1.54, 1.807) is 0 Å². The predicted octanol–water partition coefficient (Wildman–Crippen LogP) is 11.7. The first-order chi connectivity index (χ1) is 25.6. The monoisotopic (exact) mass is 709 g/mol. The van der Waals surface area contributed by atoms with Gasteiger partial charge in [-0.05, 0) is 181 Å². The molecule has 6 heteroatoms. The van der Waals surface area contributed by atoms with Crippen molar-refractivity contribution in [1.29, 1.82) is 0 Å². The van der Waals surface area contributed by atoms with Crippen LogP contribution in [-0.2, 0) is 10.8 Å². The number of ether oxygens (including phenoxy) is 3. The Kier molecular flexibility index (Phi) is 7.59. The van der Waals surface area contributed by atoms with Crippen molar-refractivity contribution < 1.29 is 14.2 Å². The molecule has 12 rings (SSSR count). The van der Waals surface area contributed by atoms with Crippen molar-refractivity contribution in [1.82, 2.24) is 0 Å². The van der Waals surface area contributed by atoms with Gasteiger partial charge in [-0.25, -0.2) is 0 Å². The second kappa shape index (κ2) is 12.1. The Labute approximate surface area is 314 Å². The van der Waals surface area contributed by atoms with Gasteiger partial charge in [0.05, 0.1) is 0 Å². The molecule has 0 aliphatic heterocycles. The summed E-state index contributed by atoms with van der Waals surface area (Å²) in [7, 11) is 0. The van der Waals surface area contributed by atoms with Gasteiger partial charge in [0, 0.05) is 50.3 Å². The number of benzene rings is 4. The zero-order valence-corrected chi connectivity index (χ0v) is 31.7. The molecule has 8 aliphatic carbocycles. The van der Waals surface area contributed by atoms with Crippen LogP contribution in [0.5, 0.6) is 34.5 Å². The molecule has 0 heterocycles. The standard InChI is InChI=1S/C47H55N3O3/c1-26-36(48)7-4-10-39(26)51-42-19-35(46-20-29-13-30(21-46)15-31(14-29)22-46)44(52-40-11-5-8-37(49)27(40)2)43(45(42)53-41-12-6-9-38(50)28(41)3)47-23-32-16-33(24-47)18-34(17-32)25-47/h4-12,19,29-34H,13-18,20-25,48-50H2,1-3H3. The summed E-state index contributed by atoms with van der Waals surface area (Å²) >= 11 is 0. The fourth-order valence-corrected chi connectivity index (χ4v) is 13.2. The molecule has 276 valence electrons. The van der Waals surface area contributed by atoms with Crippen molar-refractivity contribution in [2.75, 3.05) is 17.2 Å². The van der Waals surface area contributed by atoms with Crippen LogP contribution in [0.4, 0.5) is 17.1 Å². The van der Waals surface area contributed by atoms with E-state index >= 15 is 0 Å². The first-order valence-electron chi connectivity index (χ1n) is 20.4. The van der Waals surface area contributed by atoms with E-state index in [2.05, 4.69) is 26.0 Å². The van der Waals surface area contributed by atoms with Crippen LogP contribution < -0.4 is 31.4 Å². The van der Waals surface area contributed by atoms with Crippen LogP contribution in [0, 0.1) is 56.3 Å². The smallest absolute Gasteiger partial charge is 0.177 e. The van der Waals surface area contributed by atoms with Crippen molar-refractivity contribution in [2.45, 2.75) is 109 Å². The summed E-state index contributed by atoms with van der Waals surface area (Å²) < 4.78 is 22.1. The highest BCUT2D eigenvalue weighted by molar-refractivity contribution is 5.68. The van der Waals surface area contributed by atoms with Gasteiger partial charge in [0.15, 0.2) is 11.5 Å². The molecular formula is C47H55N3O3. The second-order valence-electron chi connectivity index (χ2n) is 18.6. The lowest BCUT2D eigenvalue weighted by molar-refractivity contribution is -0.0107. The third-order valence-electron chi connectivity index (χ3n) is 15.0. The number of nitrogens with two attached hydrogens (primary N) is 3. The highest BCUT2D eigenvalue weighted by Crippen LogP contribution is 2.69. The third-order valence-corrected chi connectivity index (χ3v) is 15.0. The number of rotatable bonds is 8. The van der Waals surface area contributed by atoms with Crippen molar-refractivity contribution in [2.24, 2.45) is 35.5 Å². The van der Waals surface area contributed by atoms with Crippen LogP contribution in [-0.4, -0.2) is 0 Å². The van der Waals surface area contributed by atoms with E-state index in [0.717, 1.165) is 99.6 Å². The van der Waals surface area contributed by atoms with E-state index in [0.29, 0.717) is 23.4 Å². The molecule has 0 amide bonds. The Morgan fingerprint density at radius 2 is 0.811 bits per heavy atom. The average Bonchev–Trinajstić information content (AvgIpc) is 3.10. The van der Waals surface area contributed by atoms with Crippen molar-refractivity contribution in [3.63, 3.8) is 0 Å². The molecule has 0 atom stereocenters. The molecule has 4 aromatic rings. The van der Waals surface area contributed by atoms with Gasteiger partial charge in [-0.15, -0.1) is 0 Å². The normalized spacial score (nSPS) is 31.9. The van der Waals surface area contributed by atoms with Gasteiger partial charge in [0.2, 0.25) is 0 Å². The maximum Gasteiger partial charge on any atom is 0.177 e. The molecule has 8 bridgehead atoms. The minimum Gasteiger partial charge on any atom is -0.456 e. The van der Waals surface area contributed by atoms with Crippen LogP contribution in [0.3, 0.4) is 0 Å². The predicted molar refractivity (Wildman–Crippen MR) is 213 cm³/mol. The Morgan fingerprint density at radius 3 is 1.23 bits per heavy atom. The van der Waals surface area contributed by atoms with Crippen LogP contribution in [0.25, 0.3) is 0 Å². The maximum absolute atomic E-state index is 7.55. The number of anilines is 3. The number of hydrogen-bond acceptors (Lipinski definition) is 6. The summed E-state index contributed by atoms with van der Waals surface area (Å²) in [6.45, 7) is 6.19. The second-order valence-corrected chi connectivity index (χ2v) is 18.6. The Hall–Kier alpha value is -4.32. The molecule has 0 spiro atoms. The molecule has 0 saturated heterocycles. The van der Waals surface area contributed by atoms with Gasteiger partial charge in [-0.3, -0.25) is 0 Å². The third kappa shape index (κ3) is 5.40. The van der Waals surface area contributed by atoms with Gasteiger partial charge >= 0.3 is 0 Å². The van der Waals surface area contributed by atoms with Gasteiger partial charge in [0.1, 0.15) is 23.0 Å². The van der Waals surface area contributed by atoms with Gasteiger partial charge in [0.25, 0.3) is 0 Å². The summed E-state index contributed by atoms with van der Waals surface area (Å²) in [5, 5.41) is 0. The Bertz CT molecular complexity index is 2050. The van der Waals surface area contributed by atoms with Crippen molar-refractivity contribution in [3.05, 3.63) is 88.5 Å². The fraction of sp³-hybridized carbons (Fsp3) is 0.489. The first kappa shape index (κ1) is 33.3. The number of hydrogen-bond donors (Lipinski definition) is 3. The molecule has 6 N–H and O–H groups in total. The SMILES string of the molecule is Cc1c(N)cccc1Oc1cc(C23CC4CC(CC(C4)C2)C3)c(Oc2cccc(N)c2C)c(C23CC4CC(CC(C4)C2)C3)c1Oc1cccc(N)c1C. The topological polar surface area (TPSA) is 106 Å². The highest BCUT2D eigenvalue weighted by Gasteiger charge is 2.57. The highest BCUT2D eigenvalue weighted by atomic mass is 16.5. The Morgan fingerprint density at radius 1 is 0.453 bits per heavy atom. The molecule has 0 radical (unpaired) electrons. The van der Waals surface area contributed by atoms with Crippen molar-refractivity contribution >= 4 is 17.1 Å². The summed E-state index contributed by atoms with van der Waals surface area (Å²) in [6.07, 6.45) is 15.2. The lowest BCUT2D eigenvalue weighted by Crippen LogP contribution is -2.50. The van der Waals surface area contributed by atoms with Crippen molar-refractivity contribution in [3.8, 4) is 34.5 Å². The van der Waals surface area contributed by atoms with E-state index in [1.165, 1.54) is 68.9 Å². The minimum atomic E-state index is -0.0942. The molecular weight excluding hydrogens is 655 g/mol. The first-order valence-corrected chi connectivity index (χ1v) is 20.4. The van der Waals surface area contributed by atoms with Crippen LogP contribution in [0.1, 0.15) is 105 Å². The van der Waals surface area contributed by atoms with Gasteiger partial charge < -0.3 is 31.4 Å². The lowest BCUT2D eigenvalue weighted by Gasteiger charge is -2.59. The minimum absolute atomic E-state index is 0.0177. The molecule has 53 heavy (non-hydrogen) atoms. The molecule has 8 fully saturated rings. The maximum atomic E-state index is 7.55. The van der Waals surface area contributed by atoms with Crippen LogP contribution in [0.2, 0.25) is 0 Å². The largest absolute Gasteiger partial charge is 0.456 e. The van der Waals surface area contributed by atoms with E-state index in [-0.39, 0.29) is 10.8 Å². The van der Waals surface area contributed by atoms with Crippen LogP contribution >= 0.6 is 0 Å². The molecule has 0 unspecified atom stereocenters. The molecule has 8 saturated carbocycles. The molecule has 4 aromatic carbocycles. The molecule has 0 aromatic heterocycles. The summed E-state index contributed by atoms with van der Waals surface area (Å²) in [6, 6.07) is 20.4. The van der Waals surface area contributed by atoms with E-state index in [9.17, 15) is 0 Å². The number of nitrogen functional groups attached to an aromatic ring is 3. The fourth-order valence-electron chi connectivity index (χ4n) is 13.2. The summed E-state index contributed by atoms with van der Waals surface area (Å²) in [5.74, 6) is 9.31. The average molecular weight is 710 g/mol. The Balaban J connectivity index is 1.29. The van der Waals surface area contributed by atoms with E-state index in [1.807, 2.05) is 55.5 Å². The summed E-state index contributed by atoms with van der Waals surface area (Å²) in [4.78, 5) is 0. The molecule has 8 aliphatic rings.